The fourth-order valence-electron chi connectivity index (χ4n) is 3.76. The van der Waals surface area contributed by atoms with Crippen LogP contribution in [0.5, 0.6) is 5.75 Å². The Morgan fingerprint density at radius 3 is 2.86 bits per heavy atom. The molecule has 1 aromatic carbocycles. The van der Waals surface area contributed by atoms with E-state index in [0.29, 0.717) is 17.8 Å². The number of nitrogens with one attached hydrogen (secondary N) is 1. The molecule has 0 spiro atoms. The van der Waals surface area contributed by atoms with Gasteiger partial charge in [-0.3, -0.25) is 0 Å². The minimum atomic E-state index is -0.281. The second kappa shape index (κ2) is 5.93. The van der Waals surface area contributed by atoms with Crippen LogP contribution in [-0.2, 0) is 11.2 Å². The van der Waals surface area contributed by atoms with E-state index in [1.54, 1.807) is 12.1 Å². The molecular weight excluding hydrogens is 269 g/mol. The van der Waals surface area contributed by atoms with Crippen molar-refractivity contribution in [1.82, 2.24) is 5.32 Å². The van der Waals surface area contributed by atoms with Crippen molar-refractivity contribution in [2.24, 2.45) is 11.3 Å². The van der Waals surface area contributed by atoms with E-state index in [9.17, 15) is 4.39 Å². The molecule has 0 amide bonds. The highest BCUT2D eigenvalue weighted by Crippen LogP contribution is 2.49. The van der Waals surface area contributed by atoms with Crippen LogP contribution in [0.15, 0.2) is 18.2 Å². The van der Waals surface area contributed by atoms with Gasteiger partial charge in [0.15, 0.2) is 11.6 Å². The SMILES string of the molecule is CNCC1(Cc2ccc(OC)c(F)c2)CCOC1C1CC1. The first-order valence-corrected chi connectivity index (χ1v) is 7.77. The number of hydrogen-bond acceptors (Lipinski definition) is 3. The molecule has 1 heterocycles. The van der Waals surface area contributed by atoms with Crippen molar-refractivity contribution in [2.45, 2.75) is 31.8 Å². The summed E-state index contributed by atoms with van der Waals surface area (Å²) in [6.07, 6.45) is 4.76. The van der Waals surface area contributed by atoms with Gasteiger partial charge >= 0.3 is 0 Å². The van der Waals surface area contributed by atoms with Crippen LogP contribution in [0.3, 0.4) is 0 Å². The predicted octanol–water partition coefficient (Wildman–Crippen LogP) is 2.78. The number of hydrogen-bond donors (Lipinski definition) is 1. The van der Waals surface area contributed by atoms with E-state index in [1.807, 2.05) is 13.1 Å². The molecular formula is C17H24FNO2. The highest BCUT2D eigenvalue weighted by Gasteiger charge is 2.50. The van der Waals surface area contributed by atoms with Crippen LogP contribution in [0.2, 0.25) is 0 Å². The van der Waals surface area contributed by atoms with Gasteiger partial charge in [-0.25, -0.2) is 4.39 Å². The molecule has 4 heteroatoms. The van der Waals surface area contributed by atoms with Crippen LogP contribution < -0.4 is 10.1 Å². The van der Waals surface area contributed by atoms with Gasteiger partial charge in [0.25, 0.3) is 0 Å². The second-order valence-electron chi connectivity index (χ2n) is 6.42. The Morgan fingerprint density at radius 1 is 1.43 bits per heavy atom. The summed E-state index contributed by atoms with van der Waals surface area (Å²) in [7, 11) is 3.48. The number of halogens is 1. The number of ether oxygens (including phenoxy) is 2. The Morgan fingerprint density at radius 2 is 2.24 bits per heavy atom. The third-order valence-electron chi connectivity index (χ3n) is 4.85. The van der Waals surface area contributed by atoms with Crippen molar-refractivity contribution in [2.75, 3.05) is 27.3 Å². The Bertz CT molecular complexity index is 504. The highest BCUT2D eigenvalue weighted by atomic mass is 19.1. The molecule has 1 saturated carbocycles. The Labute approximate surface area is 125 Å². The van der Waals surface area contributed by atoms with Crippen molar-refractivity contribution in [1.29, 1.82) is 0 Å². The van der Waals surface area contributed by atoms with Crippen molar-refractivity contribution in [3.8, 4) is 5.75 Å². The average Bonchev–Trinajstić information content (AvgIpc) is 3.22. The molecule has 1 aromatic rings. The molecule has 0 radical (unpaired) electrons. The molecule has 3 rings (SSSR count). The van der Waals surface area contributed by atoms with E-state index < -0.39 is 0 Å². The van der Waals surface area contributed by atoms with Gasteiger partial charge in [0.2, 0.25) is 0 Å². The highest BCUT2D eigenvalue weighted by molar-refractivity contribution is 5.30. The molecule has 0 aromatic heterocycles. The fourth-order valence-corrected chi connectivity index (χ4v) is 3.76. The van der Waals surface area contributed by atoms with Crippen LogP contribution in [0, 0.1) is 17.2 Å². The van der Waals surface area contributed by atoms with Crippen molar-refractivity contribution >= 4 is 0 Å². The lowest BCUT2D eigenvalue weighted by molar-refractivity contribution is 0.0314. The molecule has 2 atom stereocenters. The predicted molar refractivity (Wildman–Crippen MR) is 80.1 cm³/mol. The maximum Gasteiger partial charge on any atom is 0.165 e. The monoisotopic (exact) mass is 293 g/mol. The van der Waals surface area contributed by atoms with Gasteiger partial charge in [-0.2, -0.15) is 0 Å². The Hall–Kier alpha value is -1.13. The van der Waals surface area contributed by atoms with Crippen LogP contribution >= 0.6 is 0 Å². The molecule has 3 nitrogen and oxygen atoms in total. The van der Waals surface area contributed by atoms with Crippen LogP contribution in [0.25, 0.3) is 0 Å². The van der Waals surface area contributed by atoms with E-state index in [0.717, 1.165) is 31.6 Å². The van der Waals surface area contributed by atoms with Crippen molar-refractivity contribution < 1.29 is 13.9 Å². The maximum absolute atomic E-state index is 13.9. The van der Waals surface area contributed by atoms with Crippen molar-refractivity contribution in [3.05, 3.63) is 29.6 Å². The van der Waals surface area contributed by atoms with Gasteiger partial charge in [0.05, 0.1) is 13.2 Å². The van der Waals surface area contributed by atoms with Crippen LogP contribution in [0.1, 0.15) is 24.8 Å². The summed E-state index contributed by atoms with van der Waals surface area (Å²) in [5.41, 5.74) is 1.12. The van der Waals surface area contributed by atoms with E-state index in [4.69, 9.17) is 9.47 Å². The molecule has 21 heavy (non-hydrogen) atoms. The number of rotatable bonds is 6. The smallest absolute Gasteiger partial charge is 0.165 e. The van der Waals surface area contributed by atoms with Crippen LogP contribution in [-0.4, -0.2) is 33.4 Å². The van der Waals surface area contributed by atoms with E-state index in [-0.39, 0.29) is 11.2 Å². The minimum Gasteiger partial charge on any atom is -0.494 e. The van der Waals surface area contributed by atoms with Gasteiger partial charge in [0.1, 0.15) is 0 Å². The van der Waals surface area contributed by atoms with E-state index >= 15 is 0 Å². The fraction of sp³-hybridized carbons (Fsp3) is 0.647. The standard InChI is InChI=1S/C17H24FNO2/c1-19-11-17(7-8-21-16(17)13-4-5-13)10-12-3-6-15(20-2)14(18)9-12/h3,6,9,13,16,19H,4-5,7-8,10-11H2,1-2H3. The molecule has 2 unspecified atom stereocenters. The number of benzene rings is 1. The summed E-state index contributed by atoms with van der Waals surface area (Å²) in [5.74, 6) is 0.725. The molecule has 1 aliphatic heterocycles. The first-order chi connectivity index (χ1) is 10.2. The van der Waals surface area contributed by atoms with Crippen LogP contribution in [0.4, 0.5) is 4.39 Å². The van der Waals surface area contributed by atoms with Gasteiger partial charge < -0.3 is 14.8 Å². The summed E-state index contributed by atoms with van der Waals surface area (Å²) < 4.78 is 25.0. The first kappa shape index (κ1) is 14.8. The lowest BCUT2D eigenvalue weighted by Crippen LogP contribution is -2.42. The third-order valence-corrected chi connectivity index (χ3v) is 4.85. The van der Waals surface area contributed by atoms with Gasteiger partial charge in [-0.15, -0.1) is 0 Å². The molecule has 0 bridgehead atoms. The quantitative estimate of drug-likeness (QED) is 0.875. The summed E-state index contributed by atoms with van der Waals surface area (Å²) in [6.45, 7) is 1.74. The van der Waals surface area contributed by atoms with Gasteiger partial charge in [-0.05, 0) is 56.3 Å². The normalized spacial score (nSPS) is 28.8. The summed E-state index contributed by atoms with van der Waals surface area (Å²) in [6, 6.07) is 5.31. The average molecular weight is 293 g/mol. The maximum atomic E-state index is 13.9. The molecule has 116 valence electrons. The summed E-state index contributed by atoms with van der Waals surface area (Å²) >= 11 is 0. The first-order valence-electron chi connectivity index (χ1n) is 7.77. The molecule has 1 aliphatic carbocycles. The molecule has 2 fully saturated rings. The zero-order valence-electron chi connectivity index (χ0n) is 12.8. The third kappa shape index (κ3) is 2.92. The Kier molecular flexibility index (Phi) is 4.18. The Balaban J connectivity index is 1.83. The number of methoxy groups -OCH3 is 1. The zero-order chi connectivity index (χ0) is 14.9. The summed E-state index contributed by atoms with van der Waals surface area (Å²) in [4.78, 5) is 0. The van der Waals surface area contributed by atoms with Gasteiger partial charge in [0, 0.05) is 18.6 Å². The largest absolute Gasteiger partial charge is 0.494 e. The van der Waals surface area contributed by atoms with E-state index in [2.05, 4.69) is 5.32 Å². The van der Waals surface area contributed by atoms with Gasteiger partial charge in [-0.1, -0.05) is 6.07 Å². The lowest BCUT2D eigenvalue weighted by Gasteiger charge is -2.34. The topological polar surface area (TPSA) is 30.5 Å². The molecule has 1 saturated heterocycles. The lowest BCUT2D eigenvalue weighted by atomic mass is 9.74. The second-order valence-corrected chi connectivity index (χ2v) is 6.42. The van der Waals surface area contributed by atoms with Crippen molar-refractivity contribution in [3.63, 3.8) is 0 Å². The molecule has 2 aliphatic rings. The minimum absolute atomic E-state index is 0.0942. The molecule has 1 N–H and O–H groups in total. The summed E-state index contributed by atoms with van der Waals surface area (Å²) in [5, 5.41) is 3.32. The zero-order valence-corrected chi connectivity index (χ0v) is 12.8. The van der Waals surface area contributed by atoms with E-state index in [1.165, 1.54) is 20.0 Å².